The van der Waals surface area contributed by atoms with Gasteiger partial charge in [-0.25, -0.2) is 4.79 Å². The number of esters is 1. The maximum Gasteiger partial charge on any atom is 0.607 e. The van der Waals surface area contributed by atoms with Gasteiger partial charge in [-0.1, -0.05) is 11.6 Å². The molecule has 1 heterocycles. The smallest absolute Gasteiger partial charge is 0.427 e. The van der Waals surface area contributed by atoms with Crippen molar-refractivity contribution in [3.8, 4) is 16.3 Å². The van der Waals surface area contributed by atoms with Gasteiger partial charge in [0, 0.05) is 11.9 Å². The van der Waals surface area contributed by atoms with E-state index in [0.29, 0.717) is 16.2 Å². The largest absolute Gasteiger partial charge is 0.607 e. The van der Waals surface area contributed by atoms with E-state index >= 15 is 0 Å². The van der Waals surface area contributed by atoms with Crippen LogP contribution in [0.3, 0.4) is 0 Å². The number of hydrogen-bond donors (Lipinski definition) is 1. The Balaban J connectivity index is 2.05. The molecule has 0 saturated heterocycles. The van der Waals surface area contributed by atoms with E-state index in [2.05, 4.69) is 4.98 Å². The highest BCUT2D eigenvalue weighted by atomic mass is 35.5. The summed E-state index contributed by atoms with van der Waals surface area (Å²) in [7, 11) is 0. The topological polar surface area (TPSA) is 63.5 Å². The van der Waals surface area contributed by atoms with Gasteiger partial charge in [0.15, 0.2) is 5.39 Å². The molecule has 3 aromatic rings. The molecule has 0 aliphatic heterocycles. The lowest BCUT2D eigenvalue weighted by atomic mass is 10.2. The highest BCUT2D eigenvalue weighted by Crippen LogP contribution is 2.25. The van der Waals surface area contributed by atoms with E-state index in [1.807, 2.05) is 18.2 Å². The number of carbonyl (C=O) groups excluding carboxylic acids is 1. The molecule has 4 nitrogen and oxygen atoms in total. The van der Waals surface area contributed by atoms with Crippen molar-refractivity contribution in [2.45, 2.75) is 6.92 Å². The molecule has 0 aliphatic rings. The fourth-order valence-electron chi connectivity index (χ4n) is 2.07. The van der Waals surface area contributed by atoms with Crippen molar-refractivity contribution in [3.63, 3.8) is 0 Å². The average Bonchev–Trinajstić information content (AvgIpc) is 2.48. The number of nitrogens with one attached hydrogen (secondary N) is 1. The summed E-state index contributed by atoms with van der Waals surface area (Å²) in [5, 5.41) is 2.04. The summed E-state index contributed by atoms with van der Waals surface area (Å²) in [6.45, 7) is 1.36. The van der Waals surface area contributed by atoms with Crippen molar-refractivity contribution in [1.82, 2.24) is 4.98 Å². The number of carbonyl (C=O) groups is 1. The molecule has 2 N–H and O–H groups in total. The highest BCUT2D eigenvalue weighted by molar-refractivity contribution is 7.12. The molecule has 0 radical (unpaired) electrons. The number of aromatic nitrogens is 1. The summed E-state index contributed by atoms with van der Waals surface area (Å²) in [5.74, 6) is 0.125. The van der Waals surface area contributed by atoms with Crippen molar-refractivity contribution >= 4 is 39.8 Å². The molecular weight excluding hydrogens is 322 g/mol. The van der Waals surface area contributed by atoms with Crippen molar-refractivity contribution < 1.29 is 14.3 Å². The minimum absolute atomic E-state index is 0.190. The number of H-pyrrole nitrogens is 1. The van der Waals surface area contributed by atoms with Crippen LogP contribution in [0.1, 0.15) is 6.92 Å². The van der Waals surface area contributed by atoms with Gasteiger partial charge in [0.1, 0.15) is 5.75 Å². The summed E-state index contributed by atoms with van der Waals surface area (Å²) in [5.41, 5.74) is 1.67. The maximum atomic E-state index is 10.9. The fraction of sp³-hybridized carbons (Fsp3) is 0.0625. The molecule has 0 spiro atoms. The maximum absolute atomic E-state index is 10.9. The molecule has 1 aromatic heterocycles. The van der Waals surface area contributed by atoms with Crippen LogP contribution in [0, 0.1) is 0 Å². The summed E-state index contributed by atoms with van der Waals surface area (Å²) in [4.78, 5) is 24.4. The molecule has 0 bridgehead atoms. The van der Waals surface area contributed by atoms with Gasteiger partial charge in [-0.3, -0.25) is 4.79 Å². The number of hydrogen-bond acceptors (Lipinski definition) is 2. The zero-order valence-electron chi connectivity index (χ0n) is 11.6. The molecule has 3 rings (SSSR count). The van der Waals surface area contributed by atoms with E-state index in [0.717, 1.165) is 16.1 Å². The average molecular weight is 334 g/mol. The van der Waals surface area contributed by atoms with Gasteiger partial charge < -0.3 is 9.72 Å². The third kappa shape index (κ3) is 3.00. The molecule has 2 aromatic carbocycles. The number of halogens is 1. The second-order valence-corrected chi connectivity index (χ2v) is 6.10. The lowest BCUT2D eigenvalue weighted by Gasteiger charge is -2.00. The third-order valence-electron chi connectivity index (χ3n) is 3.04. The van der Waals surface area contributed by atoms with Crippen molar-refractivity contribution in [3.05, 3.63) is 52.2 Å². The van der Waals surface area contributed by atoms with Gasteiger partial charge in [0.2, 0.25) is 0 Å². The number of fused-ring (bicyclic) bond motifs is 1. The molecule has 0 fully saturated rings. The minimum atomic E-state index is -0.359. The Morgan fingerprint density at radius 3 is 2.64 bits per heavy atom. The molecule has 0 saturated carbocycles. The first-order chi connectivity index (χ1) is 10.5. The van der Waals surface area contributed by atoms with Crippen molar-refractivity contribution in [2.24, 2.45) is 0 Å². The summed E-state index contributed by atoms with van der Waals surface area (Å²) in [6, 6.07) is 12.4. The van der Waals surface area contributed by atoms with Gasteiger partial charge in [-0.15, -0.1) is 0 Å². The Hall–Kier alpha value is -2.24. The Morgan fingerprint density at radius 2 is 1.95 bits per heavy atom. The number of aromatic amines is 1. The molecule has 0 amide bonds. The zero-order chi connectivity index (χ0) is 15.7. The molecular formula is C16H12ClNO3S+2. The number of rotatable bonds is 2. The van der Waals surface area contributed by atoms with E-state index in [1.54, 1.807) is 24.3 Å². The Morgan fingerprint density at radius 1 is 1.23 bits per heavy atom. The summed E-state index contributed by atoms with van der Waals surface area (Å²) >= 11 is 7.17. The predicted octanol–water partition coefficient (Wildman–Crippen LogP) is 3.76. The Labute approximate surface area is 135 Å². The van der Waals surface area contributed by atoms with Crippen molar-refractivity contribution in [2.75, 3.05) is 0 Å². The van der Waals surface area contributed by atoms with Crippen LogP contribution in [0.5, 0.6) is 5.75 Å². The van der Waals surface area contributed by atoms with E-state index in [9.17, 15) is 9.59 Å². The molecule has 0 atom stereocenters. The van der Waals surface area contributed by atoms with E-state index < -0.39 is 0 Å². The quantitative estimate of drug-likeness (QED) is 0.441. The first-order valence-electron chi connectivity index (χ1n) is 6.49. The summed E-state index contributed by atoms with van der Waals surface area (Å²) < 4.78 is 5.19. The highest BCUT2D eigenvalue weighted by Gasteiger charge is 2.21. The number of benzene rings is 2. The van der Waals surface area contributed by atoms with Crippen molar-refractivity contribution in [1.29, 1.82) is 0 Å². The Kier molecular flexibility index (Phi) is 3.92. The molecule has 6 heteroatoms. The lowest BCUT2D eigenvalue weighted by Crippen LogP contribution is -2.02. The van der Waals surface area contributed by atoms with Crippen LogP contribution >= 0.6 is 22.9 Å². The fourth-order valence-corrected chi connectivity index (χ4v) is 3.13. The molecule has 110 valence electrons. The van der Waals surface area contributed by atoms with Crippen LogP contribution in [-0.4, -0.2) is 15.7 Å². The van der Waals surface area contributed by atoms with Gasteiger partial charge in [0.25, 0.3) is 0 Å². The van der Waals surface area contributed by atoms with Gasteiger partial charge in [0.05, 0.1) is 11.1 Å². The van der Waals surface area contributed by atoms with Crippen LogP contribution in [0.2, 0.25) is 5.02 Å². The normalized spacial score (nSPS) is 10.6. The first-order valence-corrected chi connectivity index (χ1v) is 7.69. The van der Waals surface area contributed by atoms with E-state index in [1.165, 1.54) is 18.3 Å². The molecule has 0 unspecified atom stereocenters. The van der Waals surface area contributed by atoms with Crippen LogP contribution in [0.25, 0.3) is 21.5 Å². The van der Waals surface area contributed by atoms with E-state index in [-0.39, 0.29) is 10.7 Å². The lowest BCUT2D eigenvalue weighted by molar-refractivity contribution is -0.131. The number of ether oxygens (including phenoxy) is 1. The van der Waals surface area contributed by atoms with E-state index in [4.69, 9.17) is 16.3 Å². The second kappa shape index (κ2) is 5.87. The van der Waals surface area contributed by atoms with Gasteiger partial charge >= 0.3 is 27.1 Å². The standard InChI is InChI=1S/C16H10ClNO3S/c1-9(19)21-12-5-2-10(3-6-12)15-18-14-7-4-11(17)8-13(14)16(20)22-15/h2-8H,1H3/p+2. The Bertz CT molecular complexity index is 919. The minimum Gasteiger partial charge on any atom is -0.427 e. The molecule has 0 aliphatic carbocycles. The molecule has 22 heavy (non-hydrogen) atoms. The predicted molar refractivity (Wildman–Crippen MR) is 87.4 cm³/mol. The summed E-state index contributed by atoms with van der Waals surface area (Å²) in [6.07, 6.45) is 0. The third-order valence-corrected chi connectivity index (χ3v) is 4.23. The van der Waals surface area contributed by atoms with Crippen LogP contribution in [-0.2, 0) is 4.79 Å². The van der Waals surface area contributed by atoms with Crippen LogP contribution < -0.4 is 9.48 Å². The monoisotopic (exact) mass is 333 g/mol. The van der Waals surface area contributed by atoms with Gasteiger partial charge in [-0.05, 0) is 42.5 Å². The first kappa shape index (κ1) is 14.7. The van der Waals surface area contributed by atoms with Gasteiger partial charge in [-0.2, -0.15) is 0 Å². The zero-order valence-corrected chi connectivity index (χ0v) is 13.2. The second-order valence-electron chi connectivity index (χ2n) is 4.67. The van der Waals surface area contributed by atoms with Crippen LogP contribution in [0.4, 0.5) is 0 Å². The van der Waals surface area contributed by atoms with Crippen LogP contribution in [0.15, 0.2) is 42.5 Å². The SMILES string of the molecule is CC(=O)Oc1ccc(-c2[nH]c3ccc(Cl)cc3c(=[OH+])[s+]2)cc1.